The lowest BCUT2D eigenvalue weighted by molar-refractivity contribution is -0.116. The molecular weight excluding hydrogens is 269 g/mol. The third-order valence-electron chi connectivity index (χ3n) is 1.53. The van der Waals surface area contributed by atoms with Gasteiger partial charge in [0.1, 0.15) is 0 Å². The van der Waals surface area contributed by atoms with Crippen molar-refractivity contribution in [2.24, 2.45) is 5.10 Å². The Morgan fingerprint density at radius 1 is 1.28 bits per heavy atom. The van der Waals surface area contributed by atoms with E-state index < -0.39 is 22.7 Å². The van der Waals surface area contributed by atoms with Crippen molar-refractivity contribution in [2.75, 3.05) is 0 Å². The summed E-state index contributed by atoms with van der Waals surface area (Å²) in [4.78, 5) is 10.6. The smallest absolute Gasteiger partial charge is 0.268 e. The summed E-state index contributed by atoms with van der Waals surface area (Å²) in [5, 5.41) is 2.81. The third-order valence-corrected chi connectivity index (χ3v) is 1.88. The quantitative estimate of drug-likeness (QED) is 0.357. The van der Waals surface area contributed by atoms with E-state index >= 15 is 0 Å². The van der Waals surface area contributed by atoms with Gasteiger partial charge in [-0.05, 0) is 18.2 Å². The zero-order valence-corrected chi connectivity index (χ0v) is 9.92. The van der Waals surface area contributed by atoms with Gasteiger partial charge in [0.05, 0.1) is 10.6 Å². The number of hydrogen-bond acceptors (Lipinski definition) is 2. The van der Waals surface area contributed by atoms with Crippen molar-refractivity contribution in [3.8, 4) is 0 Å². The number of nitrogens with one attached hydrogen (secondary N) is 1. The highest BCUT2D eigenvalue weighted by Gasteiger charge is 2.33. The second-order valence-electron chi connectivity index (χ2n) is 2.78. The SMILES string of the molecule is C=CC(=O)N/N=C/C=C/C(=C(/Cl)C=C)C(F)(F)F. The highest BCUT2D eigenvalue weighted by molar-refractivity contribution is 6.31. The van der Waals surface area contributed by atoms with Crippen molar-refractivity contribution in [1.82, 2.24) is 5.43 Å². The molecule has 0 unspecified atom stereocenters. The molecule has 0 saturated carbocycles. The molecule has 1 amide bonds. The van der Waals surface area contributed by atoms with E-state index in [0.717, 1.165) is 24.4 Å². The first-order valence-corrected chi connectivity index (χ1v) is 4.92. The van der Waals surface area contributed by atoms with Gasteiger partial charge in [0.25, 0.3) is 5.91 Å². The van der Waals surface area contributed by atoms with Crippen molar-refractivity contribution in [1.29, 1.82) is 0 Å². The molecule has 0 aliphatic heterocycles. The lowest BCUT2D eigenvalue weighted by Gasteiger charge is -2.07. The van der Waals surface area contributed by atoms with E-state index in [9.17, 15) is 18.0 Å². The zero-order valence-electron chi connectivity index (χ0n) is 9.17. The summed E-state index contributed by atoms with van der Waals surface area (Å²) in [5.41, 5.74) is 0.944. The van der Waals surface area contributed by atoms with Crippen LogP contribution < -0.4 is 5.43 Å². The van der Waals surface area contributed by atoms with E-state index in [0.29, 0.717) is 6.08 Å². The van der Waals surface area contributed by atoms with Crippen LogP contribution in [0.5, 0.6) is 0 Å². The molecule has 0 rings (SSSR count). The Labute approximate surface area is 107 Å². The molecule has 98 valence electrons. The minimum absolute atomic E-state index is 0.526. The Kier molecular flexibility index (Phi) is 6.74. The molecule has 0 bridgehead atoms. The molecule has 0 atom stereocenters. The van der Waals surface area contributed by atoms with E-state index in [1.54, 1.807) is 0 Å². The van der Waals surface area contributed by atoms with Gasteiger partial charge in [-0.2, -0.15) is 18.3 Å². The molecule has 0 aromatic heterocycles. The zero-order chi connectivity index (χ0) is 14.2. The predicted molar refractivity (Wildman–Crippen MR) is 65.1 cm³/mol. The molecule has 1 N–H and O–H groups in total. The second kappa shape index (κ2) is 7.50. The summed E-state index contributed by atoms with van der Waals surface area (Å²) >= 11 is 5.36. The molecule has 0 fully saturated rings. The first kappa shape index (κ1) is 16.2. The van der Waals surface area contributed by atoms with Crippen LogP contribution in [0.3, 0.4) is 0 Å². The Morgan fingerprint density at radius 2 is 1.89 bits per heavy atom. The molecule has 0 aromatic rings. The molecule has 0 aromatic carbocycles. The van der Waals surface area contributed by atoms with Crippen molar-refractivity contribution in [2.45, 2.75) is 6.18 Å². The highest BCUT2D eigenvalue weighted by Crippen LogP contribution is 2.30. The molecule has 0 heterocycles. The van der Waals surface area contributed by atoms with Crippen LogP contribution in [-0.4, -0.2) is 18.3 Å². The molecule has 0 radical (unpaired) electrons. The average Bonchev–Trinajstić information content (AvgIpc) is 2.30. The topological polar surface area (TPSA) is 41.5 Å². The molecular formula is C11H10ClF3N2O. The van der Waals surface area contributed by atoms with Gasteiger partial charge in [-0.3, -0.25) is 4.79 Å². The number of halogens is 4. The number of hydrogen-bond donors (Lipinski definition) is 1. The average molecular weight is 279 g/mol. The normalized spacial score (nSPS) is 13.6. The van der Waals surface area contributed by atoms with Crippen molar-refractivity contribution in [3.63, 3.8) is 0 Å². The number of carbonyl (C=O) groups is 1. The molecule has 7 heteroatoms. The van der Waals surface area contributed by atoms with E-state index in [1.165, 1.54) is 0 Å². The fourth-order valence-electron chi connectivity index (χ4n) is 0.748. The van der Waals surface area contributed by atoms with Gasteiger partial charge >= 0.3 is 6.18 Å². The first-order chi connectivity index (χ1) is 8.32. The van der Waals surface area contributed by atoms with Crippen LogP contribution in [0.2, 0.25) is 0 Å². The van der Waals surface area contributed by atoms with E-state index in [1.807, 2.05) is 5.43 Å². The van der Waals surface area contributed by atoms with E-state index in [2.05, 4.69) is 18.3 Å². The predicted octanol–water partition coefficient (Wildman–Crippen LogP) is 3.07. The summed E-state index contributed by atoms with van der Waals surface area (Å²) in [6.45, 7) is 6.31. The second-order valence-corrected chi connectivity index (χ2v) is 3.19. The number of rotatable bonds is 5. The number of alkyl halides is 3. The van der Waals surface area contributed by atoms with Crippen molar-refractivity contribution >= 4 is 23.7 Å². The van der Waals surface area contributed by atoms with Crippen molar-refractivity contribution < 1.29 is 18.0 Å². The largest absolute Gasteiger partial charge is 0.417 e. The van der Waals surface area contributed by atoms with Gasteiger partial charge < -0.3 is 0 Å². The minimum atomic E-state index is -4.60. The van der Waals surface area contributed by atoms with Crippen LogP contribution in [0, 0.1) is 0 Å². The Balaban J connectivity index is 4.78. The molecule has 3 nitrogen and oxygen atoms in total. The molecule has 0 spiro atoms. The summed E-state index contributed by atoms with van der Waals surface area (Å²) in [5.74, 6) is -0.574. The summed E-state index contributed by atoms with van der Waals surface area (Å²) in [6.07, 6.45) is -0.0753. The maximum Gasteiger partial charge on any atom is 0.417 e. The third kappa shape index (κ3) is 6.05. The monoisotopic (exact) mass is 278 g/mol. The van der Waals surface area contributed by atoms with Crippen molar-refractivity contribution in [3.05, 3.63) is 48.1 Å². The van der Waals surface area contributed by atoms with Crippen LogP contribution in [0.1, 0.15) is 0 Å². The van der Waals surface area contributed by atoms with Crippen LogP contribution in [-0.2, 0) is 4.79 Å². The number of hydrazone groups is 1. The first-order valence-electron chi connectivity index (χ1n) is 4.54. The van der Waals surface area contributed by atoms with Gasteiger partial charge in [0, 0.05) is 6.21 Å². The number of allylic oxidation sites excluding steroid dienone is 5. The van der Waals surface area contributed by atoms with Gasteiger partial charge in [-0.1, -0.05) is 30.8 Å². The van der Waals surface area contributed by atoms with Gasteiger partial charge in [0.2, 0.25) is 0 Å². The van der Waals surface area contributed by atoms with E-state index in [4.69, 9.17) is 11.6 Å². The molecule has 18 heavy (non-hydrogen) atoms. The fraction of sp³-hybridized carbons (Fsp3) is 0.0909. The summed E-state index contributed by atoms with van der Waals surface area (Å²) < 4.78 is 37.4. The highest BCUT2D eigenvalue weighted by atomic mass is 35.5. The lowest BCUT2D eigenvalue weighted by Crippen LogP contribution is -2.13. The molecule has 0 aliphatic carbocycles. The van der Waals surface area contributed by atoms with Crippen LogP contribution in [0.15, 0.2) is 53.2 Å². The maximum absolute atomic E-state index is 12.5. The minimum Gasteiger partial charge on any atom is -0.268 e. The Bertz CT molecular complexity index is 422. The van der Waals surface area contributed by atoms with Gasteiger partial charge in [-0.25, -0.2) is 5.43 Å². The van der Waals surface area contributed by atoms with E-state index in [-0.39, 0.29) is 0 Å². The number of carbonyl (C=O) groups excluding carboxylic acids is 1. The summed E-state index contributed by atoms with van der Waals surface area (Å²) in [7, 11) is 0. The van der Waals surface area contributed by atoms with Crippen LogP contribution in [0.25, 0.3) is 0 Å². The van der Waals surface area contributed by atoms with Gasteiger partial charge in [0.15, 0.2) is 0 Å². The fourth-order valence-corrected chi connectivity index (χ4v) is 0.918. The molecule has 0 aliphatic rings. The number of nitrogens with zero attached hydrogens (tertiary/aromatic N) is 1. The lowest BCUT2D eigenvalue weighted by atomic mass is 10.2. The Hall–Kier alpha value is -1.82. The standard InChI is InChI=1S/C11H10ClF3N2O/c1-3-9(12)8(11(13,14)15)6-5-7-16-17-10(18)4-2/h3-7H,1-2H2,(H,17,18)/b6-5+,9-8-,16-7+. The number of amides is 1. The summed E-state index contributed by atoms with van der Waals surface area (Å²) in [6, 6.07) is 0. The maximum atomic E-state index is 12.5. The van der Waals surface area contributed by atoms with Crippen LogP contribution >= 0.6 is 11.6 Å². The van der Waals surface area contributed by atoms with Gasteiger partial charge in [-0.15, -0.1) is 0 Å². The molecule has 0 saturated heterocycles. The Morgan fingerprint density at radius 3 is 2.33 bits per heavy atom. The van der Waals surface area contributed by atoms with Crippen LogP contribution in [0.4, 0.5) is 13.2 Å².